The second kappa shape index (κ2) is 6.00. The van der Waals surface area contributed by atoms with Crippen LogP contribution in [0.25, 0.3) is 11.3 Å². The molecular formula is C16H15N5. The number of rotatable bonds is 4. The van der Waals surface area contributed by atoms with Gasteiger partial charge in [0.25, 0.3) is 0 Å². The second-order valence-electron chi connectivity index (χ2n) is 4.57. The molecular weight excluding hydrogens is 262 g/mol. The molecule has 0 aliphatic heterocycles. The normalized spacial score (nSPS) is 10.3. The van der Waals surface area contributed by atoms with Crippen LogP contribution in [-0.4, -0.2) is 15.0 Å². The van der Waals surface area contributed by atoms with Gasteiger partial charge in [0.15, 0.2) is 11.6 Å². The molecule has 1 aromatic carbocycles. The summed E-state index contributed by atoms with van der Waals surface area (Å²) in [5.74, 6) is 0.971. The molecule has 0 aliphatic rings. The van der Waals surface area contributed by atoms with E-state index in [1.165, 1.54) is 0 Å². The second-order valence-corrected chi connectivity index (χ2v) is 4.57. The smallest absolute Gasteiger partial charge is 0.169 e. The SMILES string of the molecule is Nc1ncc(-c2ccccc2)nc1NCc1cccnc1. The summed E-state index contributed by atoms with van der Waals surface area (Å²) in [5.41, 5.74) is 8.74. The summed E-state index contributed by atoms with van der Waals surface area (Å²) in [4.78, 5) is 12.8. The van der Waals surface area contributed by atoms with Crippen molar-refractivity contribution in [1.82, 2.24) is 15.0 Å². The van der Waals surface area contributed by atoms with E-state index in [9.17, 15) is 0 Å². The molecule has 21 heavy (non-hydrogen) atoms. The molecule has 0 saturated carbocycles. The summed E-state index contributed by atoms with van der Waals surface area (Å²) in [6.07, 6.45) is 5.23. The maximum atomic E-state index is 5.88. The fourth-order valence-corrected chi connectivity index (χ4v) is 1.96. The fraction of sp³-hybridized carbons (Fsp3) is 0.0625. The molecule has 3 rings (SSSR count). The molecule has 3 N–H and O–H groups in total. The lowest BCUT2D eigenvalue weighted by Crippen LogP contribution is -2.07. The van der Waals surface area contributed by atoms with Crippen molar-refractivity contribution in [1.29, 1.82) is 0 Å². The van der Waals surface area contributed by atoms with Gasteiger partial charge in [-0.2, -0.15) is 0 Å². The zero-order valence-electron chi connectivity index (χ0n) is 11.4. The number of nitrogens with one attached hydrogen (secondary N) is 1. The minimum absolute atomic E-state index is 0.388. The number of nitrogens with two attached hydrogens (primary N) is 1. The lowest BCUT2D eigenvalue weighted by Gasteiger charge is -2.09. The van der Waals surface area contributed by atoms with Crippen LogP contribution >= 0.6 is 0 Å². The average molecular weight is 277 g/mol. The Balaban J connectivity index is 1.82. The molecule has 0 fully saturated rings. The third-order valence-electron chi connectivity index (χ3n) is 3.05. The largest absolute Gasteiger partial charge is 0.381 e. The molecule has 2 aromatic heterocycles. The van der Waals surface area contributed by atoms with E-state index in [4.69, 9.17) is 5.73 Å². The van der Waals surface area contributed by atoms with E-state index in [0.29, 0.717) is 18.2 Å². The average Bonchev–Trinajstić information content (AvgIpc) is 2.56. The zero-order valence-corrected chi connectivity index (χ0v) is 11.4. The zero-order chi connectivity index (χ0) is 14.5. The molecule has 5 heteroatoms. The van der Waals surface area contributed by atoms with Crippen LogP contribution in [0.15, 0.2) is 61.1 Å². The van der Waals surface area contributed by atoms with Crippen molar-refractivity contribution in [2.45, 2.75) is 6.54 Å². The third-order valence-corrected chi connectivity index (χ3v) is 3.05. The molecule has 0 spiro atoms. The minimum atomic E-state index is 0.388. The Labute approximate surface area is 122 Å². The van der Waals surface area contributed by atoms with Crippen molar-refractivity contribution >= 4 is 11.6 Å². The number of pyridine rings is 1. The molecule has 104 valence electrons. The molecule has 0 bridgehead atoms. The summed E-state index contributed by atoms with van der Waals surface area (Å²) in [6, 6.07) is 13.8. The fourth-order valence-electron chi connectivity index (χ4n) is 1.96. The van der Waals surface area contributed by atoms with E-state index in [-0.39, 0.29) is 0 Å². The Morgan fingerprint density at radius 2 is 1.86 bits per heavy atom. The van der Waals surface area contributed by atoms with Gasteiger partial charge in [-0.1, -0.05) is 36.4 Å². The summed E-state index contributed by atoms with van der Waals surface area (Å²) >= 11 is 0. The molecule has 0 aliphatic carbocycles. The molecule has 3 aromatic rings. The Bertz CT molecular complexity index is 713. The number of hydrogen-bond acceptors (Lipinski definition) is 5. The van der Waals surface area contributed by atoms with Gasteiger partial charge >= 0.3 is 0 Å². The van der Waals surface area contributed by atoms with Crippen LogP contribution in [0.1, 0.15) is 5.56 Å². The molecule has 5 nitrogen and oxygen atoms in total. The third kappa shape index (κ3) is 3.14. The Morgan fingerprint density at radius 3 is 2.62 bits per heavy atom. The number of nitrogens with zero attached hydrogens (tertiary/aromatic N) is 3. The standard InChI is InChI=1S/C16H15N5/c17-15-16(20-10-12-5-4-8-18-9-12)21-14(11-19-15)13-6-2-1-3-7-13/h1-9,11H,10H2,(H2,17,19)(H,20,21). The Hall–Kier alpha value is -2.95. The van der Waals surface area contributed by atoms with Gasteiger partial charge in [0.1, 0.15) is 0 Å². The van der Waals surface area contributed by atoms with Crippen LogP contribution in [-0.2, 0) is 6.54 Å². The van der Waals surface area contributed by atoms with Crippen molar-refractivity contribution in [2.75, 3.05) is 11.1 Å². The number of nitrogen functional groups attached to an aromatic ring is 1. The highest BCUT2D eigenvalue weighted by Crippen LogP contribution is 2.21. The molecule has 2 heterocycles. The molecule has 0 amide bonds. The van der Waals surface area contributed by atoms with E-state index in [1.807, 2.05) is 42.5 Å². The minimum Gasteiger partial charge on any atom is -0.381 e. The van der Waals surface area contributed by atoms with Crippen LogP contribution in [0.3, 0.4) is 0 Å². The summed E-state index contributed by atoms with van der Waals surface area (Å²) < 4.78 is 0. The lowest BCUT2D eigenvalue weighted by atomic mass is 10.2. The Kier molecular flexibility index (Phi) is 3.73. The number of hydrogen-bond donors (Lipinski definition) is 2. The monoisotopic (exact) mass is 277 g/mol. The van der Waals surface area contributed by atoms with Crippen LogP contribution in [0.2, 0.25) is 0 Å². The lowest BCUT2D eigenvalue weighted by molar-refractivity contribution is 1.07. The number of benzene rings is 1. The first kappa shape index (κ1) is 13.1. The predicted molar refractivity (Wildman–Crippen MR) is 83.4 cm³/mol. The predicted octanol–water partition coefficient (Wildman–Crippen LogP) is 2.73. The molecule has 0 unspecified atom stereocenters. The van der Waals surface area contributed by atoms with Gasteiger partial charge in [-0.15, -0.1) is 0 Å². The molecule has 0 radical (unpaired) electrons. The van der Waals surface area contributed by atoms with Gasteiger partial charge in [-0.3, -0.25) is 4.98 Å². The quantitative estimate of drug-likeness (QED) is 0.766. The molecule has 0 atom stereocenters. The van der Waals surface area contributed by atoms with E-state index < -0.39 is 0 Å². The summed E-state index contributed by atoms with van der Waals surface area (Å²) in [7, 11) is 0. The first-order valence-electron chi connectivity index (χ1n) is 6.63. The summed E-state index contributed by atoms with van der Waals surface area (Å²) in [6.45, 7) is 0.602. The van der Waals surface area contributed by atoms with Gasteiger partial charge in [0.2, 0.25) is 0 Å². The van der Waals surface area contributed by atoms with E-state index in [2.05, 4.69) is 20.3 Å². The van der Waals surface area contributed by atoms with E-state index in [0.717, 1.165) is 16.8 Å². The van der Waals surface area contributed by atoms with Crippen molar-refractivity contribution in [3.8, 4) is 11.3 Å². The van der Waals surface area contributed by atoms with Gasteiger partial charge in [-0.25, -0.2) is 9.97 Å². The molecule has 0 saturated heterocycles. The Morgan fingerprint density at radius 1 is 1.00 bits per heavy atom. The van der Waals surface area contributed by atoms with Crippen LogP contribution in [0, 0.1) is 0 Å². The van der Waals surface area contributed by atoms with E-state index in [1.54, 1.807) is 18.6 Å². The van der Waals surface area contributed by atoms with Crippen LogP contribution in [0.4, 0.5) is 11.6 Å². The maximum absolute atomic E-state index is 5.88. The first-order valence-corrected chi connectivity index (χ1v) is 6.63. The first-order chi connectivity index (χ1) is 10.3. The maximum Gasteiger partial charge on any atom is 0.169 e. The van der Waals surface area contributed by atoms with Crippen LogP contribution in [0.5, 0.6) is 0 Å². The van der Waals surface area contributed by atoms with Gasteiger partial charge in [0, 0.05) is 24.5 Å². The highest BCUT2D eigenvalue weighted by atomic mass is 15.1. The topological polar surface area (TPSA) is 76.7 Å². The van der Waals surface area contributed by atoms with E-state index >= 15 is 0 Å². The number of anilines is 2. The van der Waals surface area contributed by atoms with Gasteiger partial charge in [-0.05, 0) is 11.6 Å². The number of aromatic nitrogens is 3. The van der Waals surface area contributed by atoms with Gasteiger partial charge in [0.05, 0.1) is 11.9 Å². The van der Waals surface area contributed by atoms with Crippen LogP contribution < -0.4 is 11.1 Å². The highest BCUT2D eigenvalue weighted by Gasteiger charge is 2.06. The summed E-state index contributed by atoms with van der Waals surface area (Å²) in [5, 5.41) is 3.20. The van der Waals surface area contributed by atoms with Crippen molar-refractivity contribution < 1.29 is 0 Å². The van der Waals surface area contributed by atoms with Crippen molar-refractivity contribution in [2.24, 2.45) is 0 Å². The highest BCUT2D eigenvalue weighted by molar-refractivity contribution is 5.65. The van der Waals surface area contributed by atoms with Crippen molar-refractivity contribution in [3.05, 3.63) is 66.6 Å². The van der Waals surface area contributed by atoms with Crippen molar-refractivity contribution in [3.63, 3.8) is 0 Å². The van der Waals surface area contributed by atoms with Gasteiger partial charge < -0.3 is 11.1 Å².